The van der Waals surface area contributed by atoms with Gasteiger partial charge in [-0.2, -0.15) is 23.4 Å². The molecule has 5 rings (SSSR count). The summed E-state index contributed by atoms with van der Waals surface area (Å²) in [6.45, 7) is 0. The van der Waals surface area contributed by atoms with E-state index in [1.165, 1.54) is 12.1 Å². The van der Waals surface area contributed by atoms with E-state index in [-0.39, 0.29) is 22.5 Å². The number of hydrogen-bond donors (Lipinski definition) is 3. The lowest BCUT2D eigenvalue weighted by atomic mass is 9.84. The summed E-state index contributed by atoms with van der Waals surface area (Å²) in [7, 11) is 0. The molecule has 0 saturated heterocycles. The zero-order valence-electron chi connectivity index (χ0n) is 15.4. The number of anilines is 1. The van der Waals surface area contributed by atoms with Crippen LogP contribution in [0.4, 0.5) is 27.6 Å². The maximum absolute atomic E-state index is 14.2. The number of nitrogens with one attached hydrogen (secondary N) is 2. The first-order valence-electron chi connectivity index (χ1n) is 9.07. The molecule has 160 valence electrons. The Morgan fingerprint density at radius 3 is 2.48 bits per heavy atom. The molecular formula is C19H13F5N6O. The molecule has 7 nitrogen and oxygen atoms in total. The summed E-state index contributed by atoms with van der Waals surface area (Å²) in [5.41, 5.74) is 3.53. The molecule has 12 heteroatoms. The van der Waals surface area contributed by atoms with Crippen LogP contribution in [0.3, 0.4) is 0 Å². The molecule has 3 atom stereocenters. The molecule has 2 aliphatic heterocycles. The summed E-state index contributed by atoms with van der Waals surface area (Å²) in [6, 6.07) is 5.25. The van der Waals surface area contributed by atoms with Gasteiger partial charge in [-0.05, 0) is 29.8 Å². The normalized spacial score (nSPS) is 22.3. The molecule has 2 aromatic carbocycles. The summed E-state index contributed by atoms with van der Waals surface area (Å²) in [6.07, 6.45) is -5.38. The van der Waals surface area contributed by atoms with Gasteiger partial charge in [0.1, 0.15) is 24.0 Å². The highest BCUT2D eigenvalue weighted by Crippen LogP contribution is 2.45. The smallest absolute Gasteiger partial charge is 0.375 e. The topological polar surface area (TPSA) is 87.4 Å². The summed E-state index contributed by atoms with van der Waals surface area (Å²) < 4.78 is 69.2. The SMILES string of the molecule is OC1NN=C2c3c(cc(F)cc31)NC(c1ccc(F)cc1)C2n1ncnc1C(F)(F)F. The summed E-state index contributed by atoms with van der Waals surface area (Å²) >= 11 is 0. The van der Waals surface area contributed by atoms with E-state index in [1.54, 1.807) is 0 Å². The van der Waals surface area contributed by atoms with Gasteiger partial charge < -0.3 is 10.4 Å². The number of hydrazone groups is 1. The number of alkyl halides is 3. The molecular weight excluding hydrogens is 423 g/mol. The standard InChI is InChI=1S/C19H13F5N6O/c20-9-3-1-8(2-4-9)14-16(30-18(19(22,23)24)25-7-26-30)15-13-11(17(31)29-28-15)5-10(21)6-12(13)27-14/h1-7,14,16-17,27,29,31H. The van der Waals surface area contributed by atoms with Crippen LogP contribution >= 0.6 is 0 Å². The molecule has 0 bridgehead atoms. The van der Waals surface area contributed by atoms with Crippen molar-refractivity contribution in [1.29, 1.82) is 0 Å². The first kappa shape index (κ1) is 19.4. The number of hydrogen-bond acceptors (Lipinski definition) is 6. The molecule has 1 aromatic heterocycles. The Bertz CT molecular complexity index is 1190. The van der Waals surface area contributed by atoms with Crippen molar-refractivity contribution >= 4 is 11.4 Å². The van der Waals surface area contributed by atoms with Crippen LogP contribution in [0.5, 0.6) is 0 Å². The van der Waals surface area contributed by atoms with Gasteiger partial charge in [-0.25, -0.2) is 18.4 Å². The average molecular weight is 436 g/mol. The second-order valence-corrected chi connectivity index (χ2v) is 7.09. The van der Waals surface area contributed by atoms with Crippen LogP contribution in [0.15, 0.2) is 47.8 Å². The van der Waals surface area contributed by atoms with Crippen LogP contribution in [-0.4, -0.2) is 25.6 Å². The average Bonchev–Trinajstić information content (AvgIpc) is 3.20. The van der Waals surface area contributed by atoms with Gasteiger partial charge in [0.05, 0.1) is 11.8 Å². The summed E-state index contributed by atoms with van der Waals surface area (Å²) in [4.78, 5) is 3.35. The van der Waals surface area contributed by atoms with E-state index in [9.17, 15) is 27.1 Å². The molecule has 0 radical (unpaired) electrons. The second-order valence-electron chi connectivity index (χ2n) is 7.09. The van der Waals surface area contributed by atoms with Gasteiger partial charge in [-0.15, -0.1) is 0 Å². The van der Waals surface area contributed by atoms with Crippen LogP contribution in [-0.2, 0) is 6.18 Å². The van der Waals surface area contributed by atoms with Crippen LogP contribution in [0.25, 0.3) is 0 Å². The monoisotopic (exact) mass is 436 g/mol. The quantitative estimate of drug-likeness (QED) is 0.537. The maximum Gasteiger partial charge on any atom is 0.451 e. The highest BCUT2D eigenvalue weighted by Gasteiger charge is 2.46. The lowest BCUT2D eigenvalue weighted by molar-refractivity contribution is -0.148. The van der Waals surface area contributed by atoms with Crippen LogP contribution in [0.1, 0.15) is 40.8 Å². The van der Waals surface area contributed by atoms with Gasteiger partial charge in [-0.1, -0.05) is 12.1 Å². The van der Waals surface area contributed by atoms with Gasteiger partial charge in [-0.3, -0.25) is 5.43 Å². The Balaban J connectivity index is 1.76. The third kappa shape index (κ3) is 3.10. The molecule has 3 N–H and O–H groups in total. The molecule has 0 amide bonds. The van der Waals surface area contributed by atoms with E-state index in [2.05, 4.69) is 25.9 Å². The van der Waals surface area contributed by atoms with Crippen molar-refractivity contribution < 1.29 is 27.1 Å². The Kier molecular flexibility index (Phi) is 4.22. The fraction of sp³-hybridized carbons (Fsp3) is 0.211. The van der Waals surface area contributed by atoms with E-state index in [4.69, 9.17) is 0 Å². The zero-order valence-corrected chi connectivity index (χ0v) is 15.4. The van der Waals surface area contributed by atoms with Crippen molar-refractivity contribution in [3.63, 3.8) is 0 Å². The van der Waals surface area contributed by atoms with Crippen molar-refractivity contribution in [2.45, 2.75) is 24.5 Å². The van der Waals surface area contributed by atoms with Crippen molar-refractivity contribution in [2.75, 3.05) is 5.32 Å². The fourth-order valence-electron chi connectivity index (χ4n) is 3.97. The molecule has 0 spiro atoms. The molecule has 2 aliphatic rings. The lowest BCUT2D eigenvalue weighted by Crippen LogP contribution is -2.42. The predicted molar refractivity (Wildman–Crippen MR) is 97.9 cm³/mol. The first-order chi connectivity index (χ1) is 14.7. The van der Waals surface area contributed by atoms with Crippen molar-refractivity contribution in [1.82, 2.24) is 20.2 Å². The fourth-order valence-corrected chi connectivity index (χ4v) is 3.97. The van der Waals surface area contributed by atoms with E-state index in [1.807, 2.05) is 0 Å². The Morgan fingerprint density at radius 1 is 1.03 bits per heavy atom. The van der Waals surface area contributed by atoms with E-state index in [0.29, 0.717) is 10.2 Å². The largest absolute Gasteiger partial charge is 0.451 e. The van der Waals surface area contributed by atoms with Gasteiger partial charge in [0.2, 0.25) is 5.82 Å². The Hall–Kier alpha value is -3.54. The van der Waals surface area contributed by atoms with Gasteiger partial charge in [0, 0.05) is 16.8 Å². The molecule has 3 heterocycles. The maximum atomic E-state index is 14.2. The van der Waals surface area contributed by atoms with Gasteiger partial charge in [0.25, 0.3) is 0 Å². The Labute approximate surface area is 171 Å². The molecule has 3 aromatic rings. The number of halogens is 5. The zero-order chi connectivity index (χ0) is 21.9. The molecule has 31 heavy (non-hydrogen) atoms. The Morgan fingerprint density at radius 2 is 1.77 bits per heavy atom. The summed E-state index contributed by atoms with van der Waals surface area (Å²) in [5, 5.41) is 21.1. The number of nitrogens with zero attached hydrogens (tertiary/aromatic N) is 4. The molecule has 0 saturated carbocycles. The van der Waals surface area contributed by atoms with Crippen LogP contribution in [0.2, 0.25) is 0 Å². The van der Waals surface area contributed by atoms with Gasteiger partial charge >= 0.3 is 6.18 Å². The minimum atomic E-state index is -4.81. The van der Waals surface area contributed by atoms with E-state index in [0.717, 1.165) is 30.6 Å². The van der Waals surface area contributed by atoms with Crippen molar-refractivity contribution in [3.8, 4) is 0 Å². The highest BCUT2D eigenvalue weighted by atomic mass is 19.4. The molecule has 3 unspecified atom stereocenters. The van der Waals surface area contributed by atoms with E-state index < -0.39 is 41.9 Å². The number of aliphatic hydroxyl groups is 1. The van der Waals surface area contributed by atoms with Crippen molar-refractivity contribution in [3.05, 3.63) is 76.9 Å². The van der Waals surface area contributed by atoms with Crippen LogP contribution in [0, 0.1) is 11.6 Å². The van der Waals surface area contributed by atoms with E-state index >= 15 is 0 Å². The number of benzene rings is 2. The van der Waals surface area contributed by atoms with Crippen LogP contribution < -0.4 is 10.7 Å². The highest BCUT2D eigenvalue weighted by molar-refractivity contribution is 6.11. The van der Waals surface area contributed by atoms with Crippen molar-refractivity contribution in [2.24, 2.45) is 5.10 Å². The lowest BCUT2D eigenvalue weighted by Gasteiger charge is -2.39. The predicted octanol–water partition coefficient (Wildman–Crippen LogP) is 3.28. The number of rotatable bonds is 2. The molecule has 0 aliphatic carbocycles. The minimum absolute atomic E-state index is 0.0966. The third-order valence-electron chi connectivity index (χ3n) is 5.22. The third-order valence-corrected chi connectivity index (χ3v) is 5.22. The second kappa shape index (κ2) is 6.74. The number of aliphatic hydroxyl groups excluding tert-OH is 1. The summed E-state index contributed by atoms with van der Waals surface area (Å²) in [5.74, 6) is -2.44. The first-order valence-corrected chi connectivity index (χ1v) is 9.07. The minimum Gasteiger partial charge on any atom is -0.375 e. The number of aromatic nitrogens is 3. The van der Waals surface area contributed by atoms with Gasteiger partial charge in [0.15, 0.2) is 6.23 Å². The molecule has 0 fully saturated rings.